The number of rotatable bonds is 3. The van der Waals surface area contributed by atoms with Gasteiger partial charge < -0.3 is 14.8 Å². The highest BCUT2D eigenvalue weighted by molar-refractivity contribution is 6.34. The first-order valence-electron chi connectivity index (χ1n) is 6.38. The van der Waals surface area contributed by atoms with Crippen LogP contribution in [-0.4, -0.2) is 17.0 Å². The van der Waals surface area contributed by atoms with E-state index in [1.807, 2.05) is 0 Å². The molecule has 2 N–H and O–H groups in total. The Bertz CT molecular complexity index is 885. The molecule has 0 aliphatic carbocycles. The van der Waals surface area contributed by atoms with Crippen molar-refractivity contribution in [2.24, 2.45) is 0 Å². The Labute approximate surface area is 130 Å². The lowest BCUT2D eigenvalue weighted by Gasteiger charge is -2.06. The van der Waals surface area contributed by atoms with Crippen molar-refractivity contribution in [3.63, 3.8) is 0 Å². The standard InChI is InChI=1S/C16H10ClNO4/c17-11-7-3-1-5-9(11)15(19)18-13-10-6-2-4-8-12(10)22-14(13)16(20)21/h1-8H,(H,18,19)(H,20,21). The Balaban J connectivity index is 2.07. The third kappa shape index (κ3) is 2.42. The van der Waals surface area contributed by atoms with Gasteiger partial charge in [0.1, 0.15) is 11.3 Å². The predicted molar refractivity (Wildman–Crippen MR) is 82.6 cm³/mol. The van der Waals surface area contributed by atoms with Gasteiger partial charge in [0.2, 0.25) is 5.76 Å². The summed E-state index contributed by atoms with van der Waals surface area (Å²) in [5, 5.41) is 12.6. The van der Waals surface area contributed by atoms with E-state index < -0.39 is 11.9 Å². The van der Waals surface area contributed by atoms with Crippen LogP contribution in [0, 0.1) is 0 Å². The average molecular weight is 316 g/mol. The molecule has 5 nitrogen and oxygen atoms in total. The Morgan fingerprint density at radius 2 is 1.73 bits per heavy atom. The second-order valence-electron chi connectivity index (χ2n) is 4.54. The van der Waals surface area contributed by atoms with Gasteiger partial charge in [0, 0.05) is 5.39 Å². The minimum atomic E-state index is -1.26. The Morgan fingerprint density at radius 1 is 1.05 bits per heavy atom. The van der Waals surface area contributed by atoms with Crippen molar-refractivity contribution < 1.29 is 19.1 Å². The molecule has 1 heterocycles. The summed E-state index contributed by atoms with van der Waals surface area (Å²) in [4.78, 5) is 23.6. The zero-order valence-electron chi connectivity index (χ0n) is 11.2. The number of amides is 1. The van der Waals surface area contributed by atoms with E-state index in [9.17, 15) is 14.7 Å². The first-order chi connectivity index (χ1) is 10.6. The van der Waals surface area contributed by atoms with E-state index in [4.69, 9.17) is 16.0 Å². The van der Waals surface area contributed by atoms with Crippen LogP contribution in [0.4, 0.5) is 5.69 Å². The molecule has 0 saturated heterocycles. The van der Waals surface area contributed by atoms with Gasteiger partial charge in [0.15, 0.2) is 0 Å². The first-order valence-corrected chi connectivity index (χ1v) is 6.76. The summed E-state index contributed by atoms with van der Waals surface area (Å²) in [5.74, 6) is -2.08. The van der Waals surface area contributed by atoms with Crippen LogP contribution in [0.25, 0.3) is 11.0 Å². The normalized spacial score (nSPS) is 10.6. The fraction of sp³-hybridized carbons (Fsp3) is 0. The van der Waals surface area contributed by atoms with Crippen LogP contribution in [-0.2, 0) is 0 Å². The lowest BCUT2D eigenvalue weighted by molar-refractivity contribution is 0.0666. The quantitative estimate of drug-likeness (QED) is 0.764. The fourth-order valence-corrected chi connectivity index (χ4v) is 2.37. The minimum Gasteiger partial charge on any atom is -0.475 e. The average Bonchev–Trinajstić information content (AvgIpc) is 2.87. The number of hydrogen-bond acceptors (Lipinski definition) is 3. The molecule has 0 unspecified atom stereocenters. The third-order valence-electron chi connectivity index (χ3n) is 3.15. The minimum absolute atomic E-state index is 0.119. The second-order valence-corrected chi connectivity index (χ2v) is 4.95. The molecule has 0 bridgehead atoms. The predicted octanol–water partition coefficient (Wildman–Crippen LogP) is 4.04. The van der Waals surface area contributed by atoms with Crippen LogP contribution in [0.1, 0.15) is 20.9 Å². The Hall–Kier alpha value is -2.79. The van der Waals surface area contributed by atoms with E-state index in [0.717, 1.165) is 0 Å². The van der Waals surface area contributed by atoms with Gasteiger partial charge in [-0.15, -0.1) is 0 Å². The zero-order chi connectivity index (χ0) is 15.7. The van der Waals surface area contributed by atoms with E-state index in [1.165, 1.54) is 0 Å². The number of aromatic carboxylic acids is 1. The SMILES string of the molecule is O=C(Nc1c(C(=O)O)oc2ccccc12)c1ccccc1Cl. The first kappa shape index (κ1) is 14.2. The highest BCUT2D eigenvalue weighted by Gasteiger charge is 2.22. The molecule has 0 fully saturated rings. The second kappa shape index (κ2) is 5.54. The molecule has 3 rings (SSSR count). The molecule has 0 radical (unpaired) electrons. The fourth-order valence-electron chi connectivity index (χ4n) is 2.15. The largest absolute Gasteiger partial charge is 0.475 e. The van der Waals surface area contributed by atoms with E-state index in [1.54, 1.807) is 48.5 Å². The van der Waals surface area contributed by atoms with Crippen molar-refractivity contribution in [3.05, 3.63) is 64.9 Å². The number of fused-ring (bicyclic) bond motifs is 1. The van der Waals surface area contributed by atoms with Crippen LogP contribution in [0.3, 0.4) is 0 Å². The van der Waals surface area contributed by atoms with Gasteiger partial charge >= 0.3 is 5.97 Å². The van der Waals surface area contributed by atoms with Gasteiger partial charge in [-0.25, -0.2) is 4.79 Å². The molecule has 0 spiro atoms. The highest BCUT2D eigenvalue weighted by atomic mass is 35.5. The zero-order valence-corrected chi connectivity index (χ0v) is 11.9. The summed E-state index contributed by atoms with van der Waals surface area (Å²) in [5.41, 5.74) is 0.758. The van der Waals surface area contributed by atoms with Crippen molar-refractivity contribution in [1.29, 1.82) is 0 Å². The van der Waals surface area contributed by atoms with Crippen molar-refractivity contribution >= 4 is 40.1 Å². The summed E-state index contributed by atoms with van der Waals surface area (Å²) < 4.78 is 5.28. The monoisotopic (exact) mass is 315 g/mol. The summed E-state index contributed by atoms with van der Waals surface area (Å²) >= 11 is 5.98. The summed E-state index contributed by atoms with van der Waals surface area (Å²) in [7, 11) is 0. The van der Waals surface area contributed by atoms with E-state index >= 15 is 0 Å². The molecule has 110 valence electrons. The van der Waals surface area contributed by atoms with Crippen LogP contribution >= 0.6 is 11.6 Å². The lowest BCUT2D eigenvalue weighted by atomic mass is 10.2. The van der Waals surface area contributed by atoms with E-state index in [-0.39, 0.29) is 22.0 Å². The lowest BCUT2D eigenvalue weighted by Crippen LogP contribution is -2.14. The smallest absolute Gasteiger partial charge is 0.374 e. The maximum atomic E-state index is 12.3. The Kier molecular flexibility index (Phi) is 3.56. The van der Waals surface area contributed by atoms with Gasteiger partial charge in [0.25, 0.3) is 5.91 Å². The van der Waals surface area contributed by atoms with Crippen molar-refractivity contribution in [2.45, 2.75) is 0 Å². The van der Waals surface area contributed by atoms with Crippen molar-refractivity contribution in [2.75, 3.05) is 5.32 Å². The summed E-state index contributed by atoms with van der Waals surface area (Å²) in [6.45, 7) is 0. The number of carboxylic acids is 1. The van der Waals surface area contributed by atoms with Crippen LogP contribution in [0.2, 0.25) is 5.02 Å². The van der Waals surface area contributed by atoms with Gasteiger partial charge in [0.05, 0.1) is 10.6 Å². The molecule has 22 heavy (non-hydrogen) atoms. The maximum absolute atomic E-state index is 12.3. The maximum Gasteiger partial charge on any atom is 0.374 e. The topological polar surface area (TPSA) is 79.5 Å². The van der Waals surface area contributed by atoms with Crippen LogP contribution < -0.4 is 5.32 Å². The number of halogens is 1. The summed E-state index contributed by atoms with van der Waals surface area (Å²) in [6, 6.07) is 13.3. The van der Waals surface area contributed by atoms with Gasteiger partial charge in [-0.1, -0.05) is 35.9 Å². The van der Waals surface area contributed by atoms with E-state index in [0.29, 0.717) is 11.0 Å². The molecular weight excluding hydrogens is 306 g/mol. The number of hydrogen-bond donors (Lipinski definition) is 2. The molecule has 6 heteroatoms. The molecule has 2 aromatic carbocycles. The number of nitrogens with one attached hydrogen (secondary N) is 1. The molecule has 0 saturated carbocycles. The Morgan fingerprint density at radius 3 is 2.45 bits per heavy atom. The number of para-hydroxylation sites is 1. The molecule has 1 amide bonds. The number of carbonyl (C=O) groups is 2. The number of anilines is 1. The van der Waals surface area contributed by atoms with Crippen molar-refractivity contribution in [3.8, 4) is 0 Å². The number of benzene rings is 2. The third-order valence-corrected chi connectivity index (χ3v) is 3.48. The van der Waals surface area contributed by atoms with Gasteiger partial charge in [-0.05, 0) is 24.3 Å². The van der Waals surface area contributed by atoms with Gasteiger partial charge in [-0.3, -0.25) is 4.79 Å². The number of furan rings is 1. The van der Waals surface area contributed by atoms with Gasteiger partial charge in [-0.2, -0.15) is 0 Å². The number of carboxylic acid groups (broad SMARTS) is 1. The van der Waals surface area contributed by atoms with E-state index in [2.05, 4.69) is 5.32 Å². The summed E-state index contributed by atoms with van der Waals surface area (Å²) in [6.07, 6.45) is 0. The highest BCUT2D eigenvalue weighted by Crippen LogP contribution is 2.31. The number of carbonyl (C=O) groups excluding carboxylic acids is 1. The molecule has 0 atom stereocenters. The molecule has 1 aromatic heterocycles. The van der Waals surface area contributed by atoms with Crippen molar-refractivity contribution in [1.82, 2.24) is 0 Å². The van der Waals surface area contributed by atoms with Crippen LogP contribution in [0.5, 0.6) is 0 Å². The molecule has 3 aromatic rings. The molecular formula is C16H10ClNO4. The molecule has 0 aliphatic heterocycles. The van der Waals surface area contributed by atoms with Crippen LogP contribution in [0.15, 0.2) is 52.9 Å². The molecule has 0 aliphatic rings.